The van der Waals surface area contributed by atoms with Crippen LogP contribution in [0.4, 0.5) is 4.79 Å². The van der Waals surface area contributed by atoms with E-state index in [0.717, 1.165) is 45.1 Å². The van der Waals surface area contributed by atoms with E-state index in [2.05, 4.69) is 5.32 Å². The topological polar surface area (TPSA) is 52.6 Å². The van der Waals surface area contributed by atoms with Crippen molar-refractivity contribution in [2.75, 3.05) is 6.54 Å². The maximum Gasteiger partial charge on any atom is 0.317 e. The summed E-state index contributed by atoms with van der Waals surface area (Å²) in [6, 6.07) is 0.450. The Bertz CT molecular complexity index is 253. The number of urea groups is 1. The number of nitrogens with one attached hydrogen (secondary N) is 1. The molecule has 1 aliphatic heterocycles. The number of aliphatic hydroxyl groups is 1. The van der Waals surface area contributed by atoms with Crippen molar-refractivity contribution in [3.05, 3.63) is 0 Å². The molecule has 1 saturated heterocycles. The van der Waals surface area contributed by atoms with Gasteiger partial charge in [0.25, 0.3) is 0 Å². The van der Waals surface area contributed by atoms with E-state index >= 15 is 0 Å². The van der Waals surface area contributed by atoms with E-state index in [1.54, 1.807) is 0 Å². The van der Waals surface area contributed by atoms with Crippen molar-refractivity contribution in [2.45, 2.75) is 63.6 Å². The number of likely N-dealkylation sites (tertiary alicyclic amines) is 1. The molecule has 1 heterocycles. The van der Waals surface area contributed by atoms with Gasteiger partial charge in [-0.3, -0.25) is 0 Å². The van der Waals surface area contributed by atoms with Crippen LogP contribution < -0.4 is 5.32 Å². The molecule has 2 fully saturated rings. The van der Waals surface area contributed by atoms with Gasteiger partial charge in [0.05, 0.1) is 12.1 Å². The molecule has 0 unspecified atom stereocenters. The maximum atomic E-state index is 12.0. The zero-order chi connectivity index (χ0) is 11.5. The molecule has 2 amide bonds. The quantitative estimate of drug-likeness (QED) is 0.766. The molecule has 0 bridgehead atoms. The van der Waals surface area contributed by atoms with Crippen molar-refractivity contribution in [1.29, 1.82) is 0 Å². The zero-order valence-electron chi connectivity index (χ0n) is 9.98. The van der Waals surface area contributed by atoms with Crippen molar-refractivity contribution in [1.82, 2.24) is 10.2 Å². The summed E-state index contributed by atoms with van der Waals surface area (Å²) in [5.74, 6) is 0. The van der Waals surface area contributed by atoms with Crippen LogP contribution in [0.1, 0.15) is 45.4 Å². The molecule has 4 heteroatoms. The molecule has 16 heavy (non-hydrogen) atoms. The Morgan fingerprint density at radius 3 is 2.81 bits per heavy atom. The van der Waals surface area contributed by atoms with E-state index in [1.165, 1.54) is 0 Å². The summed E-state index contributed by atoms with van der Waals surface area (Å²) in [5.41, 5.74) is 0. The highest BCUT2D eigenvalue weighted by Gasteiger charge is 2.33. The van der Waals surface area contributed by atoms with Crippen LogP contribution in [-0.2, 0) is 0 Å². The monoisotopic (exact) mass is 226 g/mol. The fraction of sp³-hybridized carbons (Fsp3) is 0.917. The van der Waals surface area contributed by atoms with Crippen LogP contribution in [0.15, 0.2) is 0 Å². The Labute approximate surface area is 97.0 Å². The Balaban J connectivity index is 1.94. The van der Waals surface area contributed by atoms with E-state index in [4.69, 9.17) is 0 Å². The molecule has 1 saturated carbocycles. The molecular formula is C12H22N2O2. The zero-order valence-corrected chi connectivity index (χ0v) is 9.98. The van der Waals surface area contributed by atoms with Crippen molar-refractivity contribution in [2.24, 2.45) is 0 Å². The molecule has 4 nitrogen and oxygen atoms in total. The summed E-state index contributed by atoms with van der Waals surface area (Å²) in [6.07, 6.45) is 5.69. The number of nitrogens with zero attached hydrogens (tertiary/aromatic N) is 1. The minimum atomic E-state index is -0.370. The minimum absolute atomic E-state index is 0.0255. The second-order valence-electron chi connectivity index (χ2n) is 4.96. The third-order valence-corrected chi connectivity index (χ3v) is 3.58. The Kier molecular flexibility index (Phi) is 3.69. The van der Waals surface area contributed by atoms with E-state index < -0.39 is 0 Å². The lowest BCUT2D eigenvalue weighted by Crippen LogP contribution is -2.53. The van der Waals surface area contributed by atoms with E-state index in [-0.39, 0.29) is 18.2 Å². The fourth-order valence-corrected chi connectivity index (χ4v) is 2.37. The molecule has 2 N–H and O–H groups in total. The molecule has 0 aromatic heterocycles. The number of hydrogen-bond acceptors (Lipinski definition) is 2. The largest absolute Gasteiger partial charge is 0.391 e. The predicted octanol–water partition coefficient (Wildman–Crippen LogP) is 1.48. The maximum absolute atomic E-state index is 12.0. The van der Waals surface area contributed by atoms with Crippen LogP contribution in [0.25, 0.3) is 0 Å². The second-order valence-corrected chi connectivity index (χ2v) is 4.96. The summed E-state index contributed by atoms with van der Waals surface area (Å²) >= 11 is 0. The van der Waals surface area contributed by atoms with E-state index in [9.17, 15) is 9.90 Å². The first-order valence-electron chi connectivity index (χ1n) is 6.47. The number of piperidine rings is 1. The van der Waals surface area contributed by atoms with Gasteiger partial charge in [-0.25, -0.2) is 4.79 Å². The molecule has 0 aromatic rings. The van der Waals surface area contributed by atoms with Gasteiger partial charge in [-0.2, -0.15) is 0 Å². The van der Waals surface area contributed by atoms with Gasteiger partial charge in [0, 0.05) is 12.6 Å². The third-order valence-electron chi connectivity index (χ3n) is 3.58. The van der Waals surface area contributed by atoms with Crippen LogP contribution in [-0.4, -0.2) is 40.8 Å². The lowest BCUT2D eigenvalue weighted by atomic mass is 9.96. The lowest BCUT2D eigenvalue weighted by molar-refractivity contribution is 0.0433. The first kappa shape index (κ1) is 11.7. The first-order valence-corrected chi connectivity index (χ1v) is 6.47. The van der Waals surface area contributed by atoms with Crippen molar-refractivity contribution >= 4 is 6.03 Å². The summed E-state index contributed by atoms with van der Waals surface area (Å²) in [4.78, 5) is 13.8. The van der Waals surface area contributed by atoms with Crippen LogP contribution in [0.3, 0.4) is 0 Å². The Morgan fingerprint density at radius 2 is 2.19 bits per heavy atom. The summed E-state index contributed by atoms with van der Waals surface area (Å²) < 4.78 is 0. The predicted molar refractivity (Wildman–Crippen MR) is 62.2 cm³/mol. The van der Waals surface area contributed by atoms with E-state index in [0.29, 0.717) is 6.04 Å². The highest BCUT2D eigenvalue weighted by molar-refractivity contribution is 5.75. The van der Waals surface area contributed by atoms with Gasteiger partial charge in [-0.1, -0.05) is 6.92 Å². The van der Waals surface area contributed by atoms with Gasteiger partial charge in [-0.15, -0.1) is 0 Å². The molecule has 2 aliphatic rings. The number of rotatable bonds is 3. The van der Waals surface area contributed by atoms with Gasteiger partial charge in [-0.05, 0) is 38.5 Å². The summed E-state index contributed by atoms with van der Waals surface area (Å²) in [6.45, 7) is 2.76. The molecule has 0 aromatic carbocycles. The summed E-state index contributed by atoms with van der Waals surface area (Å²) in [7, 11) is 0. The smallest absolute Gasteiger partial charge is 0.317 e. The standard InChI is InChI=1S/C12H22N2O2/c1-2-11(15)10-5-3-4-8-14(10)12(16)13-9-6-7-9/h9-11,15H,2-8H2,1H3,(H,13,16)/t10-,11-/m0/s1. The van der Waals surface area contributed by atoms with Crippen LogP contribution in [0.2, 0.25) is 0 Å². The third kappa shape index (κ3) is 2.67. The fourth-order valence-electron chi connectivity index (χ4n) is 2.37. The SMILES string of the molecule is CC[C@H](O)[C@@H]1CCCCN1C(=O)NC1CC1. The van der Waals surface area contributed by atoms with E-state index in [1.807, 2.05) is 11.8 Å². The molecule has 0 spiro atoms. The molecular weight excluding hydrogens is 204 g/mol. The number of amides is 2. The van der Waals surface area contributed by atoms with Gasteiger partial charge in [0.15, 0.2) is 0 Å². The van der Waals surface area contributed by atoms with Gasteiger partial charge in [0.2, 0.25) is 0 Å². The van der Waals surface area contributed by atoms with Gasteiger partial charge in [0.1, 0.15) is 0 Å². The van der Waals surface area contributed by atoms with Crippen LogP contribution in [0.5, 0.6) is 0 Å². The normalized spacial score (nSPS) is 27.6. The second kappa shape index (κ2) is 5.04. The van der Waals surface area contributed by atoms with Crippen molar-refractivity contribution in [3.63, 3.8) is 0 Å². The van der Waals surface area contributed by atoms with Gasteiger partial charge >= 0.3 is 6.03 Å². The molecule has 92 valence electrons. The van der Waals surface area contributed by atoms with Crippen molar-refractivity contribution < 1.29 is 9.90 Å². The van der Waals surface area contributed by atoms with Crippen LogP contribution in [0, 0.1) is 0 Å². The van der Waals surface area contributed by atoms with Crippen molar-refractivity contribution in [3.8, 4) is 0 Å². The highest BCUT2D eigenvalue weighted by Crippen LogP contribution is 2.23. The number of hydrogen-bond donors (Lipinski definition) is 2. The number of carbonyl (C=O) groups is 1. The Morgan fingerprint density at radius 1 is 1.44 bits per heavy atom. The highest BCUT2D eigenvalue weighted by atomic mass is 16.3. The molecule has 2 rings (SSSR count). The lowest BCUT2D eigenvalue weighted by Gasteiger charge is -2.38. The summed E-state index contributed by atoms with van der Waals surface area (Å²) in [5, 5.41) is 12.9. The number of carbonyl (C=O) groups excluding carboxylic acids is 1. The Hall–Kier alpha value is -0.770. The molecule has 2 atom stereocenters. The number of aliphatic hydroxyl groups excluding tert-OH is 1. The average molecular weight is 226 g/mol. The molecule has 0 radical (unpaired) electrons. The van der Waals surface area contributed by atoms with Crippen LogP contribution >= 0.6 is 0 Å². The minimum Gasteiger partial charge on any atom is -0.391 e. The first-order chi connectivity index (χ1) is 7.72. The van der Waals surface area contributed by atoms with Gasteiger partial charge < -0.3 is 15.3 Å². The molecule has 1 aliphatic carbocycles. The average Bonchev–Trinajstić information content (AvgIpc) is 3.12.